The second-order valence-electron chi connectivity index (χ2n) is 7.44. The van der Waals surface area contributed by atoms with E-state index in [1.165, 1.54) is 11.1 Å². The zero-order valence-electron chi connectivity index (χ0n) is 14.9. The highest BCUT2D eigenvalue weighted by Crippen LogP contribution is 2.30. The van der Waals surface area contributed by atoms with E-state index in [4.69, 9.17) is 4.74 Å². The Morgan fingerprint density at radius 2 is 1.96 bits per heavy atom. The summed E-state index contributed by atoms with van der Waals surface area (Å²) in [5.41, 5.74) is 2.34. The Balaban J connectivity index is 2.43. The molecule has 0 radical (unpaired) electrons. The molecule has 0 fully saturated rings. The number of esters is 1. The molecule has 0 aromatic rings. The normalized spacial score (nSPS) is 37.0. The molecule has 0 saturated carbocycles. The first kappa shape index (κ1) is 18.0. The van der Waals surface area contributed by atoms with E-state index in [-0.39, 0.29) is 5.97 Å². The molecule has 0 unspecified atom stereocenters. The summed E-state index contributed by atoms with van der Waals surface area (Å²) in [6, 6.07) is 0. The van der Waals surface area contributed by atoms with Crippen molar-refractivity contribution in [3.8, 4) is 0 Å². The van der Waals surface area contributed by atoms with Gasteiger partial charge in [0.05, 0.1) is 0 Å². The molecule has 2 heterocycles. The van der Waals surface area contributed by atoms with Gasteiger partial charge in [0.25, 0.3) is 0 Å². The lowest BCUT2D eigenvalue weighted by Gasteiger charge is -2.33. The highest BCUT2D eigenvalue weighted by molar-refractivity contribution is 5.88. The first-order valence-electron chi connectivity index (χ1n) is 8.78. The average molecular weight is 318 g/mol. The van der Waals surface area contributed by atoms with Crippen LogP contribution >= 0.6 is 0 Å². The molecule has 0 saturated heterocycles. The quantitative estimate of drug-likeness (QED) is 0.573. The molecular weight excluding hydrogens is 288 g/mol. The van der Waals surface area contributed by atoms with Gasteiger partial charge in [-0.25, -0.2) is 4.79 Å². The third kappa shape index (κ3) is 4.81. The van der Waals surface area contributed by atoms with Gasteiger partial charge in [-0.2, -0.15) is 0 Å². The van der Waals surface area contributed by atoms with E-state index < -0.39 is 11.7 Å². The summed E-state index contributed by atoms with van der Waals surface area (Å²) in [7, 11) is 0. The van der Waals surface area contributed by atoms with E-state index in [1.807, 2.05) is 12.2 Å². The maximum atomic E-state index is 12.5. The molecule has 128 valence electrons. The Labute approximate surface area is 140 Å². The van der Waals surface area contributed by atoms with E-state index in [0.29, 0.717) is 25.2 Å². The standard InChI is InChI=1S/C20H30O3/c1-14(2)17-11-10-15(3)7-5-8-16-9-6-12-20(4,22)18(13-17)23-19(16)21/h7,9,13-14,18,22H,5-6,8,10-12H2,1-4H3/b15-7-,16-9-,17-13+/t18-,20-/m0/s1. The topological polar surface area (TPSA) is 46.5 Å². The summed E-state index contributed by atoms with van der Waals surface area (Å²) in [6.07, 6.45) is 10.5. The molecule has 3 nitrogen and oxygen atoms in total. The third-order valence-corrected chi connectivity index (χ3v) is 4.97. The number of ether oxygens (including phenoxy) is 1. The number of carbonyl (C=O) groups excluding carboxylic acids is 1. The lowest BCUT2D eigenvalue weighted by Crippen LogP contribution is -2.42. The molecule has 0 aliphatic carbocycles. The van der Waals surface area contributed by atoms with Crippen molar-refractivity contribution in [3.05, 3.63) is 34.9 Å². The lowest BCUT2D eigenvalue weighted by molar-refractivity contribution is -0.155. The summed E-state index contributed by atoms with van der Waals surface area (Å²) >= 11 is 0. The maximum Gasteiger partial charge on any atom is 0.334 e. The van der Waals surface area contributed by atoms with Crippen LogP contribution in [0.5, 0.6) is 0 Å². The van der Waals surface area contributed by atoms with Crippen molar-refractivity contribution in [2.75, 3.05) is 0 Å². The van der Waals surface area contributed by atoms with Crippen LogP contribution in [0.1, 0.15) is 66.2 Å². The molecule has 1 N–H and O–H groups in total. The summed E-state index contributed by atoms with van der Waals surface area (Å²) in [5, 5.41) is 10.8. The van der Waals surface area contributed by atoms with Gasteiger partial charge in [-0.1, -0.05) is 37.1 Å². The molecule has 2 atom stereocenters. The van der Waals surface area contributed by atoms with E-state index >= 15 is 0 Å². The second-order valence-corrected chi connectivity index (χ2v) is 7.44. The van der Waals surface area contributed by atoms with Crippen molar-refractivity contribution in [1.29, 1.82) is 0 Å². The molecule has 2 rings (SSSR count). The number of fused-ring (bicyclic) bond motifs is 3. The minimum atomic E-state index is -1.02. The Morgan fingerprint density at radius 3 is 2.65 bits per heavy atom. The van der Waals surface area contributed by atoms with Gasteiger partial charge >= 0.3 is 5.97 Å². The summed E-state index contributed by atoms with van der Waals surface area (Å²) in [6.45, 7) is 8.24. The van der Waals surface area contributed by atoms with E-state index in [9.17, 15) is 9.90 Å². The van der Waals surface area contributed by atoms with Crippen LogP contribution in [-0.4, -0.2) is 22.8 Å². The average Bonchev–Trinajstić information content (AvgIpc) is 2.45. The van der Waals surface area contributed by atoms with Crippen molar-refractivity contribution >= 4 is 5.97 Å². The van der Waals surface area contributed by atoms with Crippen LogP contribution in [0.15, 0.2) is 34.9 Å². The zero-order valence-corrected chi connectivity index (χ0v) is 14.9. The van der Waals surface area contributed by atoms with Gasteiger partial charge < -0.3 is 9.84 Å². The second kappa shape index (κ2) is 7.48. The highest BCUT2D eigenvalue weighted by atomic mass is 16.6. The summed E-state index contributed by atoms with van der Waals surface area (Å²) in [4.78, 5) is 12.5. The van der Waals surface area contributed by atoms with Crippen molar-refractivity contribution in [1.82, 2.24) is 0 Å². The van der Waals surface area contributed by atoms with Crippen LogP contribution in [0.3, 0.4) is 0 Å². The van der Waals surface area contributed by atoms with Crippen LogP contribution in [-0.2, 0) is 9.53 Å². The van der Waals surface area contributed by atoms with Crippen LogP contribution in [0.2, 0.25) is 0 Å². The fraction of sp³-hybridized carbons (Fsp3) is 0.650. The van der Waals surface area contributed by atoms with Crippen molar-refractivity contribution < 1.29 is 14.6 Å². The molecule has 0 aromatic carbocycles. The number of aliphatic hydroxyl groups is 1. The van der Waals surface area contributed by atoms with Crippen molar-refractivity contribution in [2.24, 2.45) is 5.92 Å². The first-order chi connectivity index (χ1) is 10.8. The Bertz CT molecular complexity index is 535. The monoisotopic (exact) mass is 318 g/mol. The Kier molecular flexibility index (Phi) is 5.85. The van der Waals surface area contributed by atoms with Gasteiger partial charge in [-0.3, -0.25) is 0 Å². The van der Waals surface area contributed by atoms with Crippen LogP contribution < -0.4 is 0 Å². The molecule has 0 spiro atoms. The Hall–Kier alpha value is -1.35. The van der Waals surface area contributed by atoms with Gasteiger partial charge in [-0.15, -0.1) is 0 Å². The van der Waals surface area contributed by atoms with Gasteiger partial charge in [-0.05, 0) is 64.4 Å². The van der Waals surface area contributed by atoms with Crippen LogP contribution in [0, 0.1) is 5.92 Å². The number of hydrogen-bond acceptors (Lipinski definition) is 3. The minimum Gasteiger partial charge on any atom is -0.452 e. The number of hydrogen-bond donors (Lipinski definition) is 1. The fourth-order valence-corrected chi connectivity index (χ4v) is 3.18. The molecule has 2 bridgehead atoms. The first-order valence-corrected chi connectivity index (χ1v) is 8.78. The van der Waals surface area contributed by atoms with E-state index in [2.05, 4.69) is 26.8 Å². The molecule has 2 aliphatic heterocycles. The third-order valence-electron chi connectivity index (χ3n) is 4.97. The Morgan fingerprint density at radius 1 is 1.22 bits per heavy atom. The predicted molar refractivity (Wildman–Crippen MR) is 93.0 cm³/mol. The molecular formula is C20H30O3. The summed E-state index contributed by atoms with van der Waals surface area (Å²) < 4.78 is 5.70. The molecule has 0 aromatic heterocycles. The smallest absolute Gasteiger partial charge is 0.334 e. The fourth-order valence-electron chi connectivity index (χ4n) is 3.18. The van der Waals surface area contributed by atoms with E-state index in [0.717, 1.165) is 24.8 Å². The van der Waals surface area contributed by atoms with E-state index in [1.54, 1.807) is 6.92 Å². The molecule has 23 heavy (non-hydrogen) atoms. The number of allylic oxidation sites excluding steroid dienone is 4. The summed E-state index contributed by atoms with van der Waals surface area (Å²) in [5.74, 6) is 0.0988. The zero-order chi connectivity index (χ0) is 17.0. The van der Waals surface area contributed by atoms with Crippen molar-refractivity contribution in [3.63, 3.8) is 0 Å². The number of carbonyl (C=O) groups is 1. The van der Waals surface area contributed by atoms with Crippen LogP contribution in [0.4, 0.5) is 0 Å². The van der Waals surface area contributed by atoms with Crippen molar-refractivity contribution in [2.45, 2.75) is 77.9 Å². The minimum absolute atomic E-state index is 0.277. The molecule has 0 amide bonds. The lowest BCUT2D eigenvalue weighted by atomic mass is 9.86. The van der Waals surface area contributed by atoms with Gasteiger partial charge in [0.2, 0.25) is 0 Å². The SMILES string of the molecule is C/C1=C/CC/C2=C/CC[C@](C)(O)[C@H](/C=C(/C(C)C)CC1)OC2=O. The molecule has 2 aliphatic rings. The highest BCUT2D eigenvalue weighted by Gasteiger charge is 2.35. The number of rotatable bonds is 1. The van der Waals surface area contributed by atoms with Gasteiger partial charge in [0, 0.05) is 5.57 Å². The predicted octanol–water partition coefficient (Wildman–Crippen LogP) is 4.47. The largest absolute Gasteiger partial charge is 0.452 e. The van der Waals surface area contributed by atoms with Crippen LogP contribution in [0.25, 0.3) is 0 Å². The van der Waals surface area contributed by atoms with Gasteiger partial charge in [0.15, 0.2) is 0 Å². The maximum absolute atomic E-state index is 12.5. The molecule has 3 heteroatoms. The van der Waals surface area contributed by atoms with Gasteiger partial charge in [0.1, 0.15) is 11.7 Å².